The van der Waals surface area contributed by atoms with Gasteiger partial charge in [-0.15, -0.1) is 24.0 Å². The van der Waals surface area contributed by atoms with Crippen LogP contribution in [0.4, 0.5) is 0 Å². The van der Waals surface area contributed by atoms with E-state index in [0.717, 1.165) is 31.3 Å². The highest BCUT2D eigenvalue weighted by Crippen LogP contribution is 2.31. The molecule has 2 unspecified atom stereocenters. The van der Waals surface area contributed by atoms with Gasteiger partial charge in [0.25, 0.3) is 0 Å². The van der Waals surface area contributed by atoms with Gasteiger partial charge in [-0.2, -0.15) is 0 Å². The zero-order valence-electron chi connectivity index (χ0n) is 15.7. The second kappa shape index (κ2) is 9.80. The highest BCUT2D eigenvalue weighted by atomic mass is 127. The fraction of sp³-hybridized carbons (Fsp3) is 0.381. The van der Waals surface area contributed by atoms with E-state index in [1.54, 1.807) is 0 Å². The summed E-state index contributed by atoms with van der Waals surface area (Å²) < 4.78 is 5.74. The van der Waals surface area contributed by atoms with Crippen molar-refractivity contribution in [1.29, 1.82) is 0 Å². The first-order valence-electron chi connectivity index (χ1n) is 8.93. The summed E-state index contributed by atoms with van der Waals surface area (Å²) >= 11 is 0. The van der Waals surface area contributed by atoms with Gasteiger partial charge in [-0.3, -0.25) is 4.99 Å². The fourth-order valence-corrected chi connectivity index (χ4v) is 3.20. The summed E-state index contributed by atoms with van der Waals surface area (Å²) in [4.78, 5) is 4.39. The summed E-state index contributed by atoms with van der Waals surface area (Å²) in [6.07, 6.45) is 0.936. The van der Waals surface area contributed by atoms with Crippen molar-refractivity contribution in [1.82, 2.24) is 10.6 Å². The van der Waals surface area contributed by atoms with E-state index in [1.807, 2.05) is 19.2 Å². The third-order valence-electron chi connectivity index (χ3n) is 4.68. The molecule has 140 valence electrons. The van der Waals surface area contributed by atoms with Crippen LogP contribution in [-0.4, -0.2) is 26.2 Å². The number of nitrogens with one attached hydrogen (secondary N) is 2. The maximum atomic E-state index is 5.74. The van der Waals surface area contributed by atoms with Crippen LogP contribution in [0.15, 0.2) is 53.5 Å². The molecule has 5 heteroatoms. The summed E-state index contributed by atoms with van der Waals surface area (Å²) in [5, 5.41) is 7.00. The Bertz CT molecular complexity index is 748. The van der Waals surface area contributed by atoms with Gasteiger partial charge in [0, 0.05) is 25.6 Å². The van der Waals surface area contributed by atoms with E-state index in [1.165, 1.54) is 16.7 Å². The molecule has 1 aliphatic rings. The van der Waals surface area contributed by atoms with Crippen molar-refractivity contribution < 1.29 is 4.74 Å². The van der Waals surface area contributed by atoms with Crippen molar-refractivity contribution in [2.24, 2.45) is 4.99 Å². The van der Waals surface area contributed by atoms with E-state index < -0.39 is 0 Å². The largest absolute Gasteiger partial charge is 0.493 e. The Morgan fingerprint density at radius 3 is 2.81 bits per heavy atom. The summed E-state index contributed by atoms with van der Waals surface area (Å²) in [5.41, 5.74) is 3.84. The quantitative estimate of drug-likeness (QED) is 0.400. The molecule has 2 aromatic carbocycles. The average molecular weight is 465 g/mol. The zero-order valence-corrected chi connectivity index (χ0v) is 18.0. The van der Waals surface area contributed by atoms with Crippen molar-refractivity contribution in [2.45, 2.75) is 32.2 Å². The number of halogens is 1. The normalized spacial score (nSPS) is 17.3. The summed E-state index contributed by atoms with van der Waals surface area (Å²) in [6.45, 7) is 5.94. The molecule has 0 saturated carbocycles. The van der Waals surface area contributed by atoms with Crippen molar-refractivity contribution in [3.63, 3.8) is 0 Å². The van der Waals surface area contributed by atoms with Crippen molar-refractivity contribution in [3.05, 3.63) is 65.2 Å². The lowest BCUT2D eigenvalue weighted by atomic mass is 9.99. The minimum absolute atomic E-state index is 0. The van der Waals surface area contributed by atoms with Gasteiger partial charge in [-0.25, -0.2) is 0 Å². The number of hydrogen-bond acceptors (Lipinski definition) is 2. The number of aliphatic imine (C=N–C) groups is 1. The van der Waals surface area contributed by atoms with Crippen LogP contribution in [-0.2, 0) is 0 Å². The molecule has 0 radical (unpaired) electrons. The van der Waals surface area contributed by atoms with Gasteiger partial charge in [-0.1, -0.05) is 55.0 Å². The molecule has 1 aliphatic heterocycles. The minimum Gasteiger partial charge on any atom is -0.493 e. The fourth-order valence-electron chi connectivity index (χ4n) is 3.20. The Morgan fingerprint density at radius 1 is 1.23 bits per heavy atom. The van der Waals surface area contributed by atoms with Crippen LogP contribution in [0.2, 0.25) is 0 Å². The molecule has 0 aromatic heterocycles. The summed E-state index contributed by atoms with van der Waals surface area (Å²) in [6, 6.07) is 17.1. The SMILES string of the molecule is CN=C(NCC(C)c1cccc(C)c1)NC1CCOc2ccccc21.I. The van der Waals surface area contributed by atoms with Crippen LogP contribution < -0.4 is 15.4 Å². The van der Waals surface area contributed by atoms with Crippen molar-refractivity contribution in [3.8, 4) is 5.75 Å². The molecule has 1 heterocycles. The maximum Gasteiger partial charge on any atom is 0.191 e. The highest BCUT2D eigenvalue weighted by molar-refractivity contribution is 14.0. The Kier molecular flexibility index (Phi) is 7.75. The Balaban J connectivity index is 0.00000243. The molecule has 0 spiro atoms. The molecule has 2 aromatic rings. The second-order valence-electron chi connectivity index (χ2n) is 6.64. The number of rotatable bonds is 4. The van der Waals surface area contributed by atoms with Gasteiger partial charge in [0.05, 0.1) is 12.6 Å². The Hall–Kier alpha value is -1.76. The molecule has 0 amide bonds. The third-order valence-corrected chi connectivity index (χ3v) is 4.68. The zero-order chi connectivity index (χ0) is 17.6. The Labute approximate surface area is 173 Å². The molecular weight excluding hydrogens is 437 g/mol. The monoisotopic (exact) mass is 465 g/mol. The van der Waals surface area contributed by atoms with Gasteiger partial charge in [-0.05, 0) is 24.5 Å². The molecule has 0 saturated heterocycles. The molecule has 2 N–H and O–H groups in total. The average Bonchev–Trinajstić information content (AvgIpc) is 2.65. The lowest BCUT2D eigenvalue weighted by molar-refractivity contribution is 0.261. The number of nitrogens with zero attached hydrogens (tertiary/aromatic N) is 1. The number of para-hydroxylation sites is 1. The number of aryl methyl sites for hydroxylation is 1. The van der Waals surface area contributed by atoms with E-state index in [9.17, 15) is 0 Å². The Morgan fingerprint density at radius 2 is 2.04 bits per heavy atom. The first kappa shape index (κ1) is 20.6. The van der Waals surface area contributed by atoms with Gasteiger partial charge in [0.1, 0.15) is 5.75 Å². The number of benzene rings is 2. The van der Waals surface area contributed by atoms with Crippen molar-refractivity contribution in [2.75, 3.05) is 20.2 Å². The van der Waals surface area contributed by atoms with Gasteiger partial charge < -0.3 is 15.4 Å². The predicted octanol–water partition coefficient (Wildman–Crippen LogP) is 4.41. The van der Waals surface area contributed by atoms with E-state index in [4.69, 9.17) is 4.74 Å². The standard InChI is InChI=1S/C21H27N3O.HI/c1-15-7-6-8-17(13-15)16(2)14-23-21(22-3)24-19-11-12-25-20-10-5-4-9-18(19)20;/h4-10,13,16,19H,11-12,14H2,1-3H3,(H2,22,23,24);1H. The lowest BCUT2D eigenvalue weighted by Gasteiger charge is -2.28. The molecule has 0 fully saturated rings. The first-order valence-corrected chi connectivity index (χ1v) is 8.93. The smallest absolute Gasteiger partial charge is 0.191 e. The number of fused-ring (bicyclic) bond motifs is 1. The second-order valence-corrected chi connectivity index (χ2v) is 6.64. The number of guanidine groups is 1. The van der Waals surface area contributed by atoms with Gasteiger partial charge in [0.15, 0.2) is 5.96 Å². The molecule has 4 nitrogen and oxygen atoms in total. The maximum absolute atomic E-state index is 5.74. The topological polar surface area (TPSA) is 45.7 Å². The van der Waals surface area contributed by atoms with Crippen LogP contribution in [0.25, 0.3) is 0 Å². The van der Waals surface area contributed by atoms with Crippen LogP contribution >= 0.6 is 24.0 Å². The molecule has 0 bridgehead atoms. The minimum atomic E-state index is 0. The number of hydrogen-bond donors (Lipinski definition) is 2. The molecule has 26 heavy (non-hydrogen) atoms. The van der Waals surface area contributed by atoms with Gasteiger partial charge >= 0.3 is 0 Å². The van der Waals surface area contributed by atoms with E-state index in [2.05, 4.69) is 65.9 Å². The highest BCUT2D eigenvalue weighted by Gasteiger charge is 2.21. The summed E-state index contributed by atoms with van der Waals surface area (Å²) in [7, 11) is 1.82. The molecular formula is C21H28IN3O. The van der Waals surface area contributed by atoms with Crippen LogP contribution in [0.1, 0.15) is 42.0 Å². The third kappa shape index (κ3) is 5.13. The first-order chi connectivity index (χ1) is 12.2. The summed E-state index contributed by atoms with van der Waals surface area (Å²) in [5.74, 6) is 2.22. The van der Waals surface area contributed by atoms with E-state index in [0.29, 0.717) is 5.92 Å². The van der Waals surface area contributed by atoms with Crippen LogP contribution in [0.5, 0.6) is 5.75 Å². The van der Waals surface area contributed by atoms with Crippen molar-refractivity contribution >= 4 is 29.9 Å². The van der Waals surface area contributed by atoms with Crippen LogP contribution in [0.3, 0.4) is 0 Å². The number of ether oxygens (including phenoxy) is 1. The van der Waals surface area contributed by atoms with E-state index in [-0.39, 0.29) is 30.0 Å². The molecule has 2 atom stereocenters. The van der Waals surface area contributed by atoms with E-state index >= 15 is 0 Å². The molecule has 3 rings (SSSR count). The van der Waals surface area contributed by atoms with Crippen LogP contribution in [0, 0.1) is 6.92 Å². The lowest BCUT2D eigenvalue weighted by Crippen LogP contribution is -2.42. The molecule has 0 aliphatic carbocycles. The van der Waals surface area contributed by atoms with Gasteiger partial charge in [0.2, 0.25) is 0 Å². The predicted molar refractivity (Wildman–Crippen MR) is 119 cm³/mol.